The lowest BCUT2D eigenvalue weighted by Crippen LogP contribution is -2.58. The summed E-state index contributed by atoms with van der Waals surface area (Å²) in [7, 11) is 0. The zero-order valence-corrected chi connectivity index (χ0v) is 17.9. The summed E-state index contributed by atoms with van der Waals surface area (Å²) < 4.78 is 41.2. The van der Waals surface area contributed by atoms with Gasteiger partial charge in [0.25, 0.3) is 0 Å². The highest BCUT2D eigenvalue weighted by atomic mass is 35.5. The van der Waals surface area contributed by atoms with Crippen molar-refractivity contribution in [2.75, 3.05) is 32.8 Å². The van der Waals surface area contributed by atoms with E-state index in [2.05, 4.69) is 5.32 Å². The van der Waals surface area contributed by atoms with Crippen LogP contribution in [0.15, 0.2) is 41.3 Å². The molecular formula is C21H18ClFN4O3S. The van der Waals surface area contributed by atoms with Gasteiger partial charge in [0, 0.05) is 24.2 Å². The first-order valence-electron chi connectivity index (χ1n) is 9.53. The molecule has 2 aliphatic rings. The van der Waals surface area contributed by atoms with Crippen molar-refractivity contribution in [1.29, 1.82) is 10.5 Å². The Kier molecular flexibility index (Phi) is 6.35. The third kappa shape index (κ3) is 4.35. The number of ether oxygens (including phenoxy) is 2. The SMILES string of the molecule is N#Cc1ccc(O[C@H]2CN([S+]([O-])c3ccc(Cl)cc3C#N)C[C@]23CNCCO3)cc1F. The second-order valence-corrected chi connectivity index (χ2v) is 9.16. The van der Waals surface area contributed by atoms with Crippen molar-refractivity contribution in [1.82, 2.24) is 9.62 Å². The van der Waals surface area contributed by atoms with Gasteiger partial charge >= 0.3 is 0 Å². The highest BCUT2D eigenvalue weighted by Crippen LogP contribution is 2.35. The summed E-state index contributed by atoms with van der Waals surface area (Å²) in [6.07, 6.45) is -0.547. The quantitative estimate of drug-likeness (QED) is 0.698. The van der Waals surface area contributed by atoms with E-state index in [-0.39, 0.29) is 23.4 Å². The lowest BCUT2D eigenvalue weighted by Gasteiger charge is -2.37. The molecule has 0 bridgehead atoms. The van der Waals surface area contributed by atoms with E-state index >= 15 is 0 Å². The first kappa shape index (κ1) is 21.8. The molecular weight excluding hydrogens is 443 g/mol. The molecule has 4 rings (SSSR count). The predicted octanol–water partition coefficient (Wildman–Crippen LogP) is 2.37. The number of nitriles is 2. The van der Waals surface area contributed by atoms with Crippen molar-refractivity contribution < 1.29 is 18.4 Å². The minimum atomic E-state index is -1.65. The Bertz CT molecular complexity index is 1070. The van der Waals surface area contributed by atoms with Crippen molar-refractivity contribution in [2.45, 2.75) is 16.6 Å². The molecule has 10 heteroatoms. The molecule has 1 spiro atoms. The number of morpholine rings is 1. The third-order valence-electron chi connectivity index (χ3n) is 5.32. The fourth-order valence-corrected chi connectivity index (χ4v) is 5.31. The minimum Gasteiger partial charge on any atom is -0.593 e. The fourth-order valence-electron chi connectivity index (χ4n) is 3.78. The average Bonchev–Trinajstić information content (AvgIpc) is 3.11. The van der Waals surface area contributed by atoms with Crippen LogP contribution in [0.2, 0.25) is 5.02 Å². The summed E-state index contributed by atoms with van der Waals surface area (Å²) >= 11 is 4.31. The van der Waals surface area contributed by atoms with Gasteiger partial charge in [0.15, 0.2) is 4.90 Å². The standard InChI is InChI=1S/C21H18ClFN4O3S/c22-16-2-4-19(15(7-16)10-25)31(28)27-11-20(21(13-27)12-26-5-6-29-21)30-17-3-1-14(9-24)18(23)8-17/h1-4,7-8,20,26H,5-6,11-13H2/t20-,21+,31?/m0/s1. The van der Waals surface area contributed by atoms with Crippen LogP contribution >= 0.6 is 11.6 Å². The molecule has 3 atom stereocenters. The summed E-state index contributed by atoms with van der Waals surface area (Å²) in [6.45, 7) is 2.13. The number of rotatable bonds is 4. The van der Waals surface area contributed by atoms with Crippen molar-refractivity contribution in [2.24, 2.45) is 0 Å². The normalized spacial score (nSPS) is 24.5. The van der Waals surface area contributed by atoms with Crippen LogP contribution in [0.5, 0.6) is 5.75 Å². The van der Waals surface area contributed by atoms with Crippen molar-refractivity contribution in [3.63, 3.8) is 0 Å². The van der Waals surface area contributed by atoms with Gasteiger partial charge in [0.05, 0.1) is 36.6 Å². The summed E-state index contributed by atoms with van der Waals surface area (Å²) in [4.78, 5) is 0.357. The maximum absolute atomic E-state index is 14.1. The van der Waals surface area contributed by atoms with E-state index in [0.717, 1.165) is 6.07 Å². The molecule has 0 aromatic heterocycles. The van der Waals surface area contributed by atoms with E-state index in [1.54, 1.807) is 22.5 Å². The van der Waals surface area contributed by atoms with Crippen LogP contribution in [0.1, 0.15) is 11.1 Å². The Morgan fingerprint density at radius 1 is 1.26 bits per heavy atom. The number of nitrogens with zero attached hydrogens (tertiary/aromatic N) is 3. The van der Waals surface area contributed by atoms with Gasteiger partial charge in [-0.15, -0.1) is 4.31 Å². The molecule has 0 aliphatic carbocycles. The average molecular weight is 461 g/mol. The lowest BCUT2D eigenvalue weighted by atomic mass is 9.98. The molecule has 2 aliphatic heterocycles. The largest absolute Gasteiger partial charge is 0.593 e. The Labute approximate surface area is 187 Å². The smallest absolute Gasteiger partial charge is 0.191 e. The van der Waals surface area contributed by atoms with Gasteiger partial charge in [-0.1, -0.05) is 11.6 Å². The molecule has 7 nitrogen and oxygen atoms in total. The zero-order valence-electron chi connectivity index (χ0n) is 16.3. The molecule has 0 amide bonds. The van der Waals surface area contributed by atoms with Crippen LogP contribution in [0.3, 0.4) is 0 Å². The van der Waals surface area contributed by atoms with E-state index < -0.39 is 28.9 Å². The van der Waals surface area contributed by atoms with Gasteiger partial charge in [-0.2, -0.15) is 10.5 Å². The molecule has 2 aromatic carbocycles. The van der Waals surface area contributed by atoms with E-state index in [1.165, 1.54) is 18.2 Å². The lowest BCUT2D eigenvalue weighted by molar-refractivity contribution is -0.103. The number of benzene rings is 2. The molecule has 160 valence electrons. The fraction of sp³-hybridized carbons (Fsp3) is 0.333. The number of halogens is 2. The molecule has 2 heterocycles. The predicted molar refractivity (Wildman–Crippen MR) is 111 cm³/mol. The highest BCUT2D eigenvalue weighted by molar-refractivity contribution is 7.89. The Hall–Kier alpha value is -2.37. The Morgan fingerprint density at radius 2 is 2.06 bits per heavy atom. The zero-order chi connectivity index (χ0) is 22.0. The van der Waals surface area contributed by atoms with E-state index in [9.17, 15) is 14.2 Å². The van der Waals surface area contributed by atoms with Crippen LogP contribution in [0.4, 0.5) is 4.39 Å². The highest BCUT2D eigenvalue weighted by Gasteiger charge is 2.54. The molecule has 2 aromatic rings. The van der Waals surface area contributed by atoms with E-state index in [1.807, 2.05) is 6.07 Å². The summed E-state index contributed by atoms with van der Waals surface area (Å²) in [5.74, 6) is -0.415. The summed E-state index contributed by atoms with van der Waals surface area (Å²) in [5.41, 5.74) is -0.628. The van der Waals surface area contributed by atoms with Gasteiger partial charge in [-0.05, 0) is 30.3 Å². The second kappa shape index (κ2) is 9.01. The first-order chi connectivity index (χ1) is 15.0. The van der Waals surface area contributed by atoms with Crippen LogP contribution in [0.25, 0.3) is 0 Å². The maximum Gasteiger partial charge on any atom is 0.191 e. The van der Waals surface area contributed by atoms with Crippen LogP contribution in [-0.4, -0.2) is 53.3 Å². The number of nitrogens with one attached hydrogen (secondary N) is 1. The van der Waals surface area contributed by atoms with E-state index in [0.29, 0.717) is 36.2 Å². The topological polar surface area (TPSA) is 104 Å². The molecule has 0 radical (unpaired) electrons. The van der Waals surface area contributed by atoms with Gasteiger partial charge in [-0.25, -0.2) is 4.39 Å². The molecule has 2 saturated heterocycles. The number of hydrogen-bond donors (Lipinski definition) is 1. The molecule has 1 N–H and O–H groups in total. The third-order valence-corrected chi connectivity index (χ3v) is 7.03. The summed E-state index contributed by atoms with van der Waals surface area (Å²) in [5, 5.41) is 22.0. The van der Waals surface area contributed by atoms with Crippen molar-refractivity contribution in [3.05, 3.63) is 58.4 Å². The second-order valence-electron chi connectivity index (χ2n) is 7.27. The van der Waals surface area contributed by atoms with Crippen LogP contribution in [-0.2, 0) is 16.1 Å². The molecule has 0 saturated carbocycles. The van der Waals surface area contributed by atoms with E-state index in [4.69, 9.17) is 26.3 Å². The Balaban J connectivity index is 1.61. The molecule has 1 unspecified atom stereocenters. The van der Waals surface area contributed by atoms with Crippen molar-refractivity contribution >= 4 is 23.0 Å². The monoisotopic (exact) mass is 460 g/mol. The first-order valence-corrected chi connectivity index (χ1v) is 11.0. The number of hydrogen-bond acceptors (Lipinski definition) is 7. The maximum atomic E-state index is 14.1. The van der Waals surface area contributed by atoms with Gasteiger partial charge in [0.2, 0.25) is 0 Å². The van der Waals surface area contributed by atoms with Gasteiger partial charge in [0.1, 0.15) is 41.0 Å². The van der Waals surface area contributed by atoms with Crippen LogP contribution < -0.4 is 10.1 Å². The minimum absolute atomic E-state index is 0.0708. The van der Waals surface area contributed by atoms with Crippen LogP contribution in [0, 0.1) is 28.5 Å². The van der Waals surface area contributed by atoms with Gasteiger partial charge in [-0.3, -0.25) is 0 Å². The molecule has 2 fully saturated rings. The molecule has 31 heavy (non-hydrogen) atoms. The summed E-state index contributed by atoms with van der Waals surface area (Å²) in [6, 6.07) is 12.5. The van der Waals surface area contributed by atoms with Gasteiger partial charge < -0.3 is 19.3 Å². The van der Waals surface area contributed by atoms with Crippen molar-refractivity contribution in [3.8, 4) is 17.9 Å². The Morgan fingerprint density at radius 3 is 2.74 bits per heavy atom.